The summed E-state index contributed by atoms with van der Waals surface area (Å²) in [6.07, 6.45) is 0. The van der Waals surface area contributed by atoms with Gasteiger partial charge in [-0.1, -0.05) is 12.1 Å². The average Bonchev–Trinajstić information content (AvgIpc) is 2.93. The Morgan fingerprint density at radius 2 is 2.18 bits per heavy atom. The van der Waals surface area contributed by atoms with Crippen LogP contribution in [0.4, 0.5) is 11.4 Å². The summed E-state index contributed by atoms with van der Waals surface area (Å²) >= 11 is 1.66. The van der Waals surface area contributed by atoms with Crippen LogP contribution in [0, 0.1) is 17.0 Å². The van der Waals surface area contributed by atoms with Crippen LogP contribution < -0.4 is 10.2 Å². The molecule has 6 nitrogen and oxygen atoms in total. The standard InChI is InChI=1S/C15H17N3O3S/c1-11-5-6-12(18(20)21)8-14(11)16-15(19)10-17(2)9-13-4-3-7-22-13/h3-8H,9-10H2,1-2H3,(H,16,19)/p+1. The van der Waals surface area contributed by atoms with Gasteiger partial charge >= 0.3 is 0 Å². The van der Waals surface area contributed by atoms with Crippen LogP contribution in [0.3, 0.4) is 0 Å². The van der Waals surface area contributed by atoms with E-state index < -0.39 is 4.92 Å². The molecule has 0 radical (unpaired) electrons. The molecule has 1 aromatic heterocycles. The van der Waals surface area contributed by atoms with Gasteiger partial charge < -0.3 is 10.2 Å². The van der Waals surface area contributed by atoms with E-state index in [-0.39, 0.29) is 11.6 Å². The lowest BCUT2D eigenvalue weighted by atomic mass is 10.2. The van der Waals surface area contributed by atoms with Crippen molar-refractivity contribution in [2.75, 3.05) is 18.9 Å². The van der Waals surface area contributed by atoms with Crippen molar-refractivity contribution in [3.05, 3.63) is 56.3 Å². The van der Waals surface area contributed by atoms with E-state index >= 15 is 0 Å². The number of quaternary nitrogens is 1. The number of hydrogen-bond donors (Lipinski definition) is 2. The van der Waals surface area contributed by atoms with Crippen molar-refractivity contribution in [3.8, 4) is 0 Å². The third kappa shape index (κ3) is 4.37. The fourth-order valence-electron chi connectivity index (χ4n) is 2.10. The van der Waals surface area contributed by atoms with Crippen LogP contribution in [0.1, 0.15) is 10.4 Å². The molecule has 22 heavy (non-hydrogen) atoms. The molecule has 0 aliphatic heterocycles. The van der Waals surface area contributed by atoms with Crippen LogP contribution in [0.5, 0.6) is 0 Å². The second-order valence-corrected chi connectivity index (χ2v) is 6.23. The van der Waals surface area contributed by atoms with Crippen LogP contribution in [-0.2, 0) is 11.3 Å². The molecule has 0 saturated carbocycles. The number of hydrogen-bond acceptors (Lipinski definition) is 4. The zero-order valence-electron chi connectivity index (χ0n) is 12.5. The number of rotatable bonds is 6. The third-order valence-corrected chi connectivity index (χ3v) is 4.10. The van der Waals surface area contributed by atoms with Crippen molar-refractivity contribution >= 4 is 28.6 Å². The SMILES string of the molecule is Cc1ccc([N+](=O)[O-])cc1NC(=O)C[NH+](C)Cc1cccs1. The van der Waals surface area contributed by atoms with Gasteiger partial charge in [-0.25, -0.2) is 0 Å². The van der Waals surface area contributed by atoms with Crippen molar-refractivity contribution in [1.29, 1.82) is 0 Å². The normalized spacial score (nSPS) is 11.9. The van der Waals surface area contributed by atoms with Gasteiger partial charge in [-0.3, -0.25) is 14.9 Å². The minimum Gasteiger partial charge on any atom is -0.325 e. The second kappa shape index (κ2) is 7.15. The largest absolute Gasteiger partial charge is 0.325 e. The molecule has 0 aliphatic carbocycles. The topological polar surface area (TPSA) is 76.7 Å². The number of carbonyl (C=O) groups excluding carboxylic acids is 1. The number of benzene rings is 1. The number of non-ortho nitro benzene ring substituents is 1. The fourth-order valence-corrected chi connectivity index (χ4v) is 2.92. The van der Waals surface area contributed by atoms with E-state index in [0.717, 1.165) is 17.0 Å². The lowest BCUT2D eigenvalue weighted by Gasteiger charge is -2.13. The van der Waals surface area contributed by atoms with Crippen LogP contribution in [0.2, 0.25) is 0 Å². The minimum atomic E-state index is -0.469. The predicted octanol–water partition coefficient (Wildman–Crippen LogP) is 1.62. The van der Waals surface area contributed by atoms with Gasteiger partial charge in [0, 0.05) is 12.1 Å². The van der Waals surface area contributed by atoms with E-state index in [1.165, 1.54) is 17.0 Å². The Hall–Kier alpha value is -2.25. The molecular formula is C15H18N3O3S+. The lowest BCUT2D eigenvalue weighted by Crippen LogP contribution is -3.08. The molecule has 1 heterocycles. The smallest absolute Gasteiger partial charge is 0.279 e. The highest BCUT2D eigenvalue weighted by atomic mass is 32.1. The number of nitrogens with zero attached hydrogens (tertiary/aromatic N) is 1. The number of carbonyl (C=O) groups is 1. The van der Waals surface area contributed by atoms with Gasteiger partial charge in [0.15, 0.2) is 6.54 Å². The molecule has 1 aromatic carbocycles. The van der Waals surface area contributed by atoms with Crippen molar-refractivity contribution in [1.82, 2.24) is 0 Å². The average molecular weight is 320 g/mol. The molecule has 0 fully saturated rings. The van der Waals surface area contributed by atoms with E-state index in [0.29, 0.717) is 12.2 Å². The number of likely N-dealkylation sites (N-methyl/N-ethyl adjacent to an activating group) is 1. The summed E-state index contributed by atoms with van der Waals surface area (Å²) in [5, 5.41) is 15.6. The highest BCUT2D eigenvalue weighted by Crippen LogP contribution is 2.21. The van der Waals surface area contributed by atoms with E-state index in [4.69, 9.17) is 0 Å². The van der Waals surface area contributed by atoms with Crippen LogP contribution in [0.25, 0.3) is 0 Å². The van der Waals surface area contributed by atoms with Gasteiger partial charge in [0.25, 0.3) is 11.6 Å². The molecular weight excluding hydrogens is 302 g/mol. The number of amides is 1. The summed E-state index contributed by atoms with van der Waals surface area (Å²) in [4.78, 5) is 24.7. The molecule has 1 amide bonds. The molecule has 2 aromatic rings. The molecule has 2 N–H and O–H groups in total. The number of aryl methyl sites for hydroxylation is 1. The first-order chi connectivity index (χ1) is 10.5. The minimum absolute atomic E-state index is 0.0276. The number of anilines is 1. The van der Waals surface area contributed by atoms with Crippen molar-refractivity contribution in [2.45, 2.75) is 13.5 Å². The Kier molecular flexibility index (Phi) is 5.24. The molecule has 1 unspecified atom stereocenters. The molecule has 0 saturated heterocycles. The maximum atomic E-state index is 12.1. The Labute approximate surface area is 132 Å². The molecule has 116 valence electrons. The number of nitrogens with one attached hydrogen (secondary N) is 2. The summed E-state index contributed by atoms with van der Waals surface area (Å²) in [5.41, 5.74) is 1.26. The van der Waals surface area contributed by atoms with Gasteiger partial charge in [0.05, 0.1) is 22.5 Å². The van der Waals surface area contributed by atoms with E-state index in [1.807, 2.05) is 31.5 Å². The molecule has 0 bridgehead atoms. The van der Waals surface area contributed by atoms with Gasteiger partial charge in [0.1, 0.15) is 6.54 Å². The van der Waals surface area contributed by atoms with E-state index in [9.17, 15) is 14.9 Å². The van der Waals surface area contributed by atoms with Gasteiger partial charge in [-0.05, 0) is 23.9 Å². The fraction of sp³-hybridized carbons (Fsp3) is 0.267. The van der Waals surface area contributed by atoms with Crippen molar-refractivity contribution in [2.24, 2.45) is 0 Å². The highest BCUT2D eigenvalue weighted by molar-refractivity contribution is 7.09. The Morgan fingerprint density at radius 1 is 1.41 bits per heavy atom. The highest BCUT2D eigenvalue weighted by Gasteiger charge is 2.14. The monoisotopic (exact) mass is 320 g/mol. The second-order valence-electron chi connectivity index (χ2n) is 5.19. The van der Waals surface area contributed by atoms with Gasteiger partial charge in [-0.15, -0.1) is 11.3 Å². The third-order valence-electron chi connectivity index (χ3n) is 3.22. The Balaban J connectivity index is 1.96. The lowest BCUT2D eigenvalue weighted by molar-refractivity contribution is -0.884. The van der Waals surface area contributed by atoms with E-state index in [2.05, 4.69) is 5.32 Å². The van der Waals surface area contributed by atoms with Crippen LogP contribution in [-0.4, -0.2) is 24.4 Å². The summed E-state index contributed by atoms with van der Waals surface area (Å²) < 4.78 is 0. The summed E-state index contributed by atoms with van der Waals surface area (Å²) in [5.74, 6) is -0.155. The quantitative estimate of drug-likeness (QED) is 0.627. The molecule has 0 aliphatic rings. The Bertz CT molecular complexity index is 671. The van der Waals surface area contributed by atoms with Crippen LogP contribution in [0.15, 0.2) is 35.7 Å². The number of nitro groups is 1. The Morgan fingerprint density at radius 3 is 2.82 bits per heavy atom. The van der Waals surface area contributed by atoms with Crippen molar-refractivity contribution in [3.63, 3.8) is 0 Å². The zero-order chi connectivity index (χ0) is 16.1. The number of nitro benzene ring substituents is 1. The van der Waals surface area contributed by atoms with Gasteiger partial charge in [0.2, 0.25) is 0 Å². The summed E-state index contributed by atoms with van der Waals surface area (Å²) in [7, 11) is 1.94. The van der Waals surface area contributed by atoms with Crippen molar-refractivity contribution < 1.29 is 14.6 Å². The predicted molar refractivity (Wildman–Crippen MR) is 86.2 cm³/mol. The summed E-state index contributed by atoms with van der Waals surface area (Å²) in [6, 6.07) is 8.48. The summed E-state index contributed by atoms with van der Waals surface area (Å²) in [6.45, 7) is 2.89. The molecule has 2 rings (SSSR count). The molecule has 7 heteroatoms. The first kappa shape index (κ1) is 16.1. The maximum Gasteiger partial charge on any atom is 0.279 e. The molecule has 1 atom stereocenters. The zero-order valence-corrected chi connectivity index (χ0v) is 13.3. The number of thiophene rings is 1. The first-order valence-electron chi connectivity index (χ1n) is 6.84. The molecule has 0 spiro atoms. The van der Waals surface area contributed by atoms with E-state index in [1.54, 1.807) is 17.4 Å². The van der Waals surface area contributed by atoms with Gasteiger partial charge in [-0.2, -0.15) is 0 Å². The van der Waals surface area contributed by atoms with Crippen LogP contribution >= 0.6 is 11.3 Å². The maximum absolute atomic E-state index is 12.1. The first-order valence-corrected chi connectivity index (χ1v) is 7.72.